The molecule has 0 unspecified atom stereocenters. The second kappa shape index (κ2) is 6.13. The van der Waals surface area contributed by atoms with Crippen molar-refractivity contribution in [3.63, 3.8) is 0 Å². The molecule has 3 aromatic rings. The third-order valence-electron chi connectivity index (χ3n) is 2.89. The monoisotopic (exact) mass is 297 g/mol. The van der Waals surface area contributed by atoms with Gasteiger partial charge in [0.05, 0.1) is 7.11 Å². The largest absolute Gasteiger partial charge is 0.497 e. The molecule has 22 heavy (non-hydrogen) atoms. The zero-order chi connectivity index (χ0) is 15.4. The first-order valence-corrected chi connectivity index (χ1v) is 6.66. The molecule has 2 heterocycles. The third kappa shape index (κ3) is 3.32. The number of nitrogens with one attached hydrogen (secondary N) is 2. The van der Waals surface area contributed by atoms with Crippen LogP contribution in [0, 0.1) is 6.92 Å². The number of hydrogen-bond donors (Lipinski definition) is 2. The van der Waals surface area contributed by atoms with Crippen molar-refractivity contribution in [1.82, 2.24) is 15.1 Å². The summed E-state index contributed by atoms with van der Waals surface area (Å²) in [5.74, 6) is 3.38. The van der Waals surface area contributed by atoms with Crippen molar-refractivity contribution < 1.29 is 9.26 Å². The molecule has 0 radical (unpaired) electrons. The molecule has 2 N–H and O–H groups in total. The lowest BCUT2D eigenvalue weighted by Crippen LogP contribution is -1.98. The number of nitrogens with zero attached hydrogens (tertiary/aromatic N) is 3. The van der Waals surface area contributed by atoms with Gasteiger partial charge in [-0.2, -0.15) is 0 Å². The van der Waals surface area contributed by atoms with E-state index in [4.69, 9.17) is 9.26 Å². The van der Waals surface area contributed by atoms with Crippen molar-refractivity contribution in [2.75, 3.05) is 17.7 Å². The van der Waals surface area contributed by atoms with Gasteiger partial charge in [0.2, 0.25) is 0 Å². The molecular formula is C15H15N5O2. The summed E-state index contributed by atoms with van der Waals surface area (Å²) in [4.78, 5) is 8.34. The highest BCUT2D eigenvalue weighted by molar-refractivity contribution is 5.62. The van der Waals surface area contributed by atoms with Crippen LogP contribution in [0.15, 0.2) is 47.2 Å². The molecule has 0 amide bonds. The molecule has 0 atom stereocenters. The van der Waals surface area contributed by atoms with Crippen LogP contribution in [0.25, 0.3) is 0 Å². The minimum atomic E-state index is 0.600. The van der Waals surface area contributed by atoms with Gasteiger partial charge >= 0.3 is 0 Å². The summed E-state index contributed by atoms with van der Waals surface area (Å²) in [5, 5.41) is 10.1. The van der Waals surface area contributed by atoms with Crippen molar-refractivity contribution in [2.45, 2.75) is 6.92 Å². The number of ether oxygens (including phenoxy) is 1. The van der Waals surface area contributed by atoms with Crippen LogP contribution in [0.4, 0.5) is 23.1 Å². The van der Waals surface area contributed by atoms with E-state index in [0.717, 1.165) is 17.2 Å². The van der Waals surface area contributed by atoms with Crippen LogP contribution in [-0.2, 0) is 0 Å². The smallest absolute Gasteiger partial charge is 0.175 e. The summed E-state index contributed by atoms with van der Waals surface area (Å²) >= 11 is 0. The van der Waals surface area contributed by atoms with Crippen LogP contribution in [0.2, 0.25) is 0 Å². The molecule has 0 aliphatic rings. The SMILES string of the molecule is COc1cccc(Nc2cc(Nc3cc(C)on3)ncn2)c1. The van der Waals surface area contributed by atoms with E-state index in [1.165, 1.54) is 6.33 Å². The number of hydrogen-bond acceptors (Lipinski definition) is 7. The first-order valence-electron chi connectivity index (χ1n) is 6.66. The van der Waals surface area contributed by atoms with Gasteiger partial charge in [-0.05, 0) is 19.1 Å². The lowest BCUT2D eigenvalue weighted by molar-refractivity contribution is 0.400. The fraction of sp³-hybridized carbons (Fsp3) is 0.133. The first-order chi connectivity index (χ1) is 10.7. The Hall–Kier alpha value is -3.09. The normalized spacial score (nSPS) is 10.3. The molecule has 3 rings (SSSR count). The van der Waals surface area contributed by atoms with Crippen LogP contribution in [0.3, 0.4) is 0 Å². The van der Waals surface area contributed by atoms with E-state index in [1.54, 1.807) is 19.2 Å². The number of aromatic nitrogens is 3. The summed E-state index contributed by atoms with van der Waals surface area (Å²) in [7, 11) is 1.63. The van der Waals surface area contributed by atoms with Gasteiger partial charge in [-0.3, -0.25) is 0 Å². The summed E-state index contributed by atoms with van der Waals surface area (Å²) in [6, 6.07) is 11.2. The predicted octanol–water partition coefficient (Wildman–Crippen LogP) is 3.27. The maximum Gasteiger partial charge on any atom is 0.175 e. The Morgan fingerprint density at radius 3 is 2.55 bits per heavy atom. The van der Waals surface area contributed by atoms with E-state index < -0.39 is 0 Å². The topological polar surface area (TPSA) is 85.1 Å². The first kappa shape index (κ1) is 13.9. The fourth-order valence-electron chi connectivity index (χ4n) is 1.90. The average Bonchev–Trinajstić information content (AvgIpc) is 2.93. The van der Waals surface area contributed by atoms with Crippen LogP contribution in [-0.4, -0.2) is 22.2 Å². The van der Waals surface area contributed by atoms with Crippen molar-refractivity contribution in [2.24, 2.45) is 0 Å². The van der Waals surface area contributed by atoms with Crippen molar-refractivity contribution in [3.8, 4) is 5.75 Å². The van der Waals surface area contributed by atoms with Crippen molar-refractivity contribution >= 4 is 23.1 Å². The van der Waals surface area contributed by atoms with Gasteiger partial charge in [0.25, 0.3) is 0 Å². The van der Waals surface area contributed by atoms with Crippen LogP contribution >= 0.6 is 0 Å². The summed E-state index contributed by atoms with van der Waals surface area (Å²) in [6.07, 6.45) is 1.47. The van der Waals surface area contributed by atoms with Gasteiger partial charge in [-0.1, -0.05) is 11.2 Å². The Morgan fingerprint density at radius 2 is 1.82 bits per heavy atom. The second-order valence-corrected chi connectivity index (χ2v) is 4.59. The number of anilines is 4. The summed E-state index contributed by atoms with van der Waals surface area (Å²) in [6.45, 7) is 1.83. The maximum atomic E-state index is 5.19. The molecule has 0 spiro atoms. The Balaban J connectivity index is 1.75. The predicted molar refractivity (Wildman–Crippen MR) is 82.8 cm³/mol. The van der Waals surface area contributed by atoms with E-state index in [9.17, 15) is 0 Å². The Labute approximate surface area is 127 Å². The van der Waals surface area contributed by atoms with Gasteiger partial charge in [-0.25, -0.2) is 9.97 Å². The highest BCUT2D eigenvalue weighted by Crippen LogP contribution is 2.22. The number of aryl methyl sites for hydroxylation is 1. The van der Waals surface area contributed by atoms with Crippen LogP contribution in [0.5, 0.6) is 5.75 Å². The van der Waals surface area contributed by atoms with Gasteiger partial charge in [0, 0.05) is 23.9 Å². The zero-order valence-electron chi connectivity index (χ0n) is 12.2. The minimum Gasteiger partial charge on any atom is -0.497 e. The number of benzene rings is 1. The lowest BCUT2D eigenvalue weighted by atomic mass is 10.3. The molecule has 7 nitrogen and oxygen atoms in total. The molecular weight excluding hydrogens is 282 g/mol. The molecule has 0 saturated carbocycles. The van der Waals surface area contributed by atoms with Gasteiger partial charge in [0.15, 0.2) is 5.82 Å². The summed E-state index contributed by atoms with van der Waals surface area (Å²) in [5.41, 5.74) is 0.876. The Bertz CT molecular complexity index is 772. The Morgan fingerprint density at radius 1 is 1.00 bits per heavy atom. The molecule has 1 aromatic carbocycles. The van der Waals surface area contributed by atoms with Crippen molar-refractivity contribution in [1.29, 1.82) is 0 Å². The molecule has 0 aliphatic heterocycles. The van der Waals surface area contributed by atoms with E-state index in [2.05, 4.69) is 25.8 Å². The van der Waals surface area contributed by atoms with E-state index in [0.29, 0.717) is 17.5 Å². The fourth-order valence-corrected chi connectivity index (χ4v) is 1.90. The molecule has 0 aliphatic carbocycles. The maximum absolute atomic E-state index is 5.19. The van der Waals surface area contributed by atoms with Gasteiger partial charge < -0.3 is 19.9 Å². The number of rotatable bonds is 5. The highest BCUT2D eigenvalue weighted by Gasteiger charge is 2.04. The molecule has 0 bridgehead atoms. The molecule has 0 saturated heterocycles. The van der Waals surface area contributed by atoms with Crippen LogP contribution in [0.1, 0.15) is 5.76 Å². The molecule has 2 aromatic heterocycles. The van der Waals surface area contributed by atoms with E-state index >= 15 is 0 Å². The van der Waals surface area contributed by atoms with Gasteiger partial charge in [0.1, 0.15) is 29.5 Å². The zero-order valence-corrected chi connectivity index (χ0v) is 12.2. The molecule has 0 fully saturated rings. The molecule has 7 heteroatoms. The van der Waals surface area contributed by atoms with E-state index in [-0.39, 0.29) is 0 Å². The van der Waals surface area contributed by atoms with E-state index in [1.807, 2.05) is 31.2 Å². The standard InChI is InChI=1S/C15H15N5O2/c1-10-6-15(20-22-10)19-14-8-13(16-9-17-14)18-11-4-3-5-12(7-11)21-2/h3-9H,1-2H3,(H2,16,17,18,19,20). The quantitative estimate of drug-likeness (QED) is 0.747. The third-order valence-corrected chi connectivity index (χ3v) is 2.89. The average molecular weight is 297 g/mol. The Kier molecular flexibility index (Phi) is 3.86. The second-order valence-electron chi connectivity index (χ2n) is 4.59. The lowest BCUT2D eigenvalue weighted by Gasteiger charge is -2.08. The minimum absolute atomic E-state index is 0.600. The van der Waals surface area contributed by atoms with Crippen molar-refractivity contribution in [3.05, 3.63) is 48.5 Å². The summed E-state index contributed by atoms with van der Waals surface area (Å²) < 4.78 is 10.2. The molecule has 112 valence electrons. The highest BCUT2D eigenvalue weighted by atomic mass is 16.5. The van der Waals surface area contributed by atoms with Gasteiger partial charge in [-0.15, -0.1) is 0 Å². The van der Waals surface area contributed by atoms with Crippen LogP contribution < -0.4 is 15.4 Å². The number of methoxy groups -OCH3 is 1.